The molecule has 2 rings (SSSR count). The summed E-state index contributed by atoms with van der Waals surface area (Å²) in [6.45, 7) is 6.36. The van der Waals surface area contributed by atoms with Crippen LogP contribution in [0.4, 0.5) is 0 Å². The zero-order chi connectivity index (χ0) is 18.3. The smallest absolute Gasteiger partial charge is 0.277 e. The molecule has 0 radical (unpaired) electrons. The second-order valence-electron chi connectivity index (χ2n) is 6.63. The van der Waals surface area contributed by atoms with E-state index in [0.717, 1.165) is 11.3 Å². The molecule has 0 unspecified atom stereocenters. The largest absolute Gasteiger partial charge is 0.497 e. The molecule has 0 atom stereocenters. The first-order valence-electron chi connectivity index (χ1n) is 8.08. The van der Waals surface area contributed by atoms with E-state index in [9.17, 15) is 4.79 Å². The van der Waals surface area contributed by atoms with Gasteiger partial charge in [-0.25, -0.2) is 5.43 Å². The number of carbonyl (C=O) groups excluding carboxylic acids is 1. The van der Waals surface area contributed by atoms with E-state index in [1.54, 1.807) is 13.3 Å². The van der Waals surface area contributed by atoms with E-state index in [0.29, 0.717) is 5.75 Å². The van der Waals surface area contributed by atoms with Crippen molar-refractivity contribution in [3.05, 3.63) is 59.7 Å². The minimum atomic E-state index is -0.320. The Hall–Kier alpha value is -2.82. The Labute approximate surface area is 148 Å². The highest BCUT2D eigenvalue weighted by Gasteiger charge is 2.13. The first-order chi connectivity index (χ1) is 11.9. The molecule has 0 saturated carbocycles. The molecular formula is C20H24N2O3. The summed E-state index contributed by atoms with van der Waals surface area (Å²) >= 11 is 0. The molecule has 0 heterocycles. The summed E-state index contributed by atoms with van der Waals surface area (Å²) in [5.41, 5.74) is 4.57. The number of hydrazone groups is 1. The van der Waals surface area contributed by atoms with Crippen molar-refractivity contribution >= 4 is 12.1 Å². The molecule has 5 heteroatoms. The zero-order valence-corrected chi connectivity index (χ0v) is 15.1. The van der Waals surface area contributed by atoms with Gasteiger partial charge in [-0.3, -0.25) is 4.79 Å². The van der Waals surface area contributed by atoms with Crippen LogP contribution in [0, 0.1) is 0 Å². The fourth-order valence-electron chi connectivity index (χ4n) is 2.13. The molecule has 0 spiro atoms. The molecule has 5 nitrogen and oxygen atoms in total. The fraction of sp³-hybridized carbons (Fsp3) is 0.300. The zero-order valence-electron chi connectivity index (χ0n) is 15.1. The van der Waals surface area contributed by atoms with Crippen LogP contribution >= 0.6 is 0 Å². The van der Waals surface area contributed by atoms with E-state index in [1.807, 2.05) is 48.5 Å². The summed E-state index contributed by atoms with van der Waals surface area (Å²) in [5.74, 6) is 1.07. The third-order valence-corrected chi connectivity index (χ3v) is 3.59. The average molecular weight is 340 g/mol. The number of amides is 1. The second-order valence-corrected chi connectivity index (χ2v) is 6.63. The third-order valence-electron chi connectivity index (χ3n) is 3.59. The van der Waals surface area contributed by atoms with Crippen molar-refractivity contribution in [1.29, 1.82) is 0 Å². The molecule has 0 fully saturated rings. The van der Waals surface area contributed by atoms with E-state index in [1.165, 1.54) is 5.56 Å². The van der Waals surface area contributed by atoms with Gasteiger partial charge in [0.05, 0.1) is 13.3 Å². The fourth-order valence-corrected chi connectivity index (χ4v) is 2.13. The van der Waals surface area contributed by atoms with Gasteiger partial charge >= 0.3 is 0 Å². The maximum absolute atomic E-state index is 11.8. The van der Waals surface area contributed by atoms with Crippen molar-refractivity contribution in [2.24, 2.45) is 5.10 Å². The molecule has 0 aromatic heterocycles. The van der Waals surface area contributed by atoms with Crippen LogP contribution < -0.4 is 14.9 Å². The lowest BCUT2D eigenvalue weighted by Crippen LogP contribution is -2.24. The standard InChI is InChI=1S/C20H24N2O3/c1-20(2,3)16-8-10-17(11-9-16)25-14-19(23)22-21-13-15-6-5-7-18(12-15)24-4/h5-13H,14H2,1-4H3,(H,22,23)/b21-13-. The number of methoxy groups -OCH3 is 1. The van der Waals surface area contributed by atoms with Crippen LogP contribution in [0.25, 0.3) is 0 Å². The van der Waals surface area contributed by atoms with Crippen LogP contribution in [-0.2, 0) is 10.2 Å². The van der Waals surface area contributed by atoms with Crippen molar-refractivity contribution in [1.82, 2.24) is 5.43 Å². The molecule has 1 amide bonds. The summed E-state index contributed by atoms with van der Waals surface area (Å²) in [5, 5.41) is 3.92. The number of nitrogens with zero attached hydrogens (tertiary/aromatic N) is 1. The molecule has 1 N–H and O–H groups in total. The van der Waals surface area contributed by atoms with Gasteiger partial charge in [-0.15, -0.1) is 0 Å². The molecule has 0 aliphatic heterocycles. The van der Waals surface area contributed by atoms with Gasteiger partial charge in [-0.1, -0.05) is 45.0 Å². The lowest BCUT2D eigenvalue weighted by molar-refractivity contribution is -0.123. The Morgan fingerprint density at radius 3 is 2.48 bits per heavy atom. The van der Waals surface area contributed by atoms with E-state index < -0.39 is 0 Å². The van der Waals surface area contributed by atoms with Gasteiger partial charge in [0.15, 0.2) is 6.61 Å². The van der Waals surface area contributed by atoms with Crippen LogP contribution in [-0.4, -0.2) is 25.8 Å². The predicted molar refractivity (Wildman–Crippen MR) is 99.4 cm³/mol. The maximum Gasteiger partial charge on any atom is 0.277 e. The van der Waals surface area contributed by atoms with Crippen molar-refractivity contribution < 1.29 is 14.3 Å². The van der Waals surface area contributed by atoms with E-state index in [4.69, 9.17) is 9.47 Å². The maximum atomic E-state index is 11.8. The van der Waals surface area contributed by atoms with Crippen molar-refractivity contribution in [3.63, 3.8) is 0 Å². The number of rotatable bonds is 6. The minimum Gasteiger partial charge on any atom is -0.497 e. The molecule has 2 aromatic rings. The molecule has 2 aromatic carbocycles. The Morgan fingerprint density at radius 1 is 1.12 bits per heavy atom. The van der Waals surface area contributed by atoms with Gasteiger partial charge in [-0.2, -0.15) is 5.10 Å². The highest BCUT2D eigenvalue weighted by Crippen LogP contribution is 2.24. The number of carbonyl (C=O) groups is 1. The highest BCUT2D eigenvalue weighted by molar-refractivity contribution is 5.83. The Kier molecular flexibility index (Phi) is 6.17. The number of ether oxygens (including phenoxy) is 2. The Balaban J connectivity index is 1.81. The summed E-state index contributed by atoms with van der Waals surface area (Å²) in [7, 11) is 1.60. The lowest BCUT2D eigenvalue weighted by atomic mass is 9.87. The summed E-state index contributed by atoms with van der Waals surface area (Å²) in [6, 6.07) is 15.1. The molecule has 25 heavy (non-hydrogen) atoms. The number of nitrogens with one attached hydrogen (secondary N) is 1. The molecule has 0 bridgehead atoms. The second kappa shape index (κ2) is 8.33. The minimum absolute atomic E-state index is 0.0880. The van der Waals surface area contributed by atoms with Crippen LogP contribution in [0.3, 0.4) is 0 Å². The topological polar surface area (TPSA) is 59.9 Å². The van der Waals surface area contributed by atoms with E-state index in [2.05, 4.69) is 31.3 Å². The van der Waals surface area contributed by atoms with Gasteiger partial charge in [0.25, 0.3) is 5.91 Å². The Bertz CT molecular complexity index is 731. The van der Waals surface area contributed by atoms with Gasteiger partial charge in [-0.05, 0) is 40.8 Å². The normalized spacial score (nSPS) is 11.4. The van der Waals surface area contributed by atoms with Crippen molar-refractivity contribution in [2.75, 3.05) is 13.7 Å². The van der Waals surface area contributed by atoms with Crippen LogP contribution in [0.1, 0.15) is 31.9 Å². The number of hydrogen-bond acceptors (Lipinski definition) is 4. The van der Waals surface area contributed by atoms with Crippen LogP contribution in [0.2, 0.25) is 0 Å². The highest BCUT2D eigenvalue weighted by atomic mass is 16.5. The van der Waals surface area contributed by atoms with Crippen molar-refractivity contribution in [2.45, 2.75) is 26.2 Å². The molecule has 132 valence electrons. The van der Waals surface area contributed by atoms with Gasteiger partial charge in [0.1, 0.15) is 11.5 Å². The van der Waals surface area contributed by atoms with Gasteiger partial charge in [0, 0.05) is 0 Å². The van der Waals surface area contributed by atoms with Crippen LogP contribution in [0.5, 0.6) is 11.5 Å². The number of hydrogen-bond donors (Lipinski definition) is 1. The summed E-state index contributed by atoms with van der Waals surface area (Å²) < 4.78 is 10.6. The third kappa shape index (κ3) is 5.95. The molecular weight excluding hydrogens is 316 g/mol. The van der Waals surface area contributed by atoms with Gasteiger partial charge in [0.2, 0.25) is 0 Å². The number of benzene rings is 2. The molecule has 0 aliphatic carbocycles. The Morgan fingerprint density at radius 2 is 1.84 bits per heavy atom. The summed E-state index contributed by atoms with van der Waals surface area (Å²) in [6.07, 6.45) is 1.55. The monoisotopic (exact) mass is 340 g/mol. The van der Waals surface area contributed by atoms with Crippen molar-refractivity contribution in [3.8, 4) is 11.5 Å². The first kappa shape index (κ1) is 18.5. The molecule has 0 aliphatic rings. The SMILES string of the molecule is COc1cccc(/C=N\NC(=O)COc2ccc(C(C)(C)C)cc2)c1. The first-order valence-corrected chi connectivity index (χ1v) is 8.08. The summed E-state index contributed by atoms with van der Waals surface area (Å²) in [4.78, 5) is 11.8. The van der Waals surface area contributed by atoms with E-state index >= 15 is 0 Å². The molecule has 0 saturated heterocycles. The van der Waals surface area contributed by atoms with Crippen LogP contribution in [0.15, 0.2) is 53.6 Å². The average Bonchev–Trinajstić information content (AvgIpc) is 2.60. The predicted octanol–water partition coefficient (Wildman–Crippen LogP) is 3.52. The lowest BCUT2D eigenvalue weighted by Gasteiger charge is -2.19. The van der Waals surface area contributed by atoms with E-state index in [-0.39, 0.29) is 17.9 Å². The van der Waals surface area contributed by atoms with Gasteiger partial charge < -0.3 is 9.47 Å². The quantitative estimate of drug-likeness (QED) is 0.646.